The molecule has 0 saturated heterocycles. The first-order chi connectivity index (χ1) is 15.7. The number of benzene rings is 1. The number of hydrogen-bond acceptors (Lipinski definition) is 6. The number of hydrogen-bond donors (Lipinski definition) is 3. The predicted molar refractivity (Wildman–Crippen MR) is 121 cm³/mol. The number of carbonyl (C=O) groups excluding carboxylic acids is 2. The second-order valence-electron chi connectivity index (χ2n) is 7.93. The molecule has 0 aliphatic heterocycles. The Kier molecular flexibility index (Phi) is 7.52. The molecule has 0 aliphatic carbocycles. The molecule has 0 atom stereocenters. The summed E-state index contributed by atoms with van der Waals surface area (Å²) < 4.78 is 14.4. The van der Waals surface area contributed by atoms with Gasteiger partial charge in [-0.3, -0.25) is 23.9 Å². The van der Waals surface area contributed by atoms with Crippen molar-refractivity contribution in [2.75, 3.05) is 27.2 Å². The lowest BCUT2D eigenvalue weighted by molar-refractivity contribution is -0.121. The van der Waals surface area contributed by atoms with E-state index in [0.29, 0.717) is 25.1 Å². The third-order valence-electron chi connectivity index (χ3n) is 5.17. The zero-order chi connectivity index (χ0) is 24.1. The summed E-state index contributed by atoms with van der Waals surface area (Å²) in [6.45, 7) is 0.0192. The number of aliphatic hydroxyl groups is 1. The second-order valence-corrected chi connectivity index (χ2v) is 7.93. The fourth-order valence-corrected chi connectivity index (χ4v) is 3.54. The summed E-state index contributed by atoms with van der Waals surface area (Å²) in [4.78, 5) is 43.9. The number of aromatic nitrogens is 2. The maximum Gasteiger partial charge on any atom is 0.264 e. The van der Waals surface area contributed by atoms with Gasteiger partial charge in [-0.05, 0) is 49.8 Å². The van der Waals surface area contributed by atoms with Gasteiger partial charge in [-0.15, -0.1) is 0 Å². The van der Waals surface area contributed by atoms with Crippen LogP contribution in [0, 0.1) is 5.82 Å². The molecular formula is C23H26FN5O4. The molecule has 2 aromatic heterocycles. The van der Waals surface area contributed by atoms with Crippen LogP contribution in [0.25, 0.3) is 11.0 Å². The fraction of sp³-hybridized carbons (Fsp3) is 0.304. The van der Waals surface area contributed by atoms with Crippen molar-refractivity contribution in [1.82, 2.24) is 19.8 Å². The van der Waals surface area contributed by atoms with Gasteiger partial charge in [-0.2, -0.15) is 0 Å². The number of likely N-dealkylation sites (N-methyl/N-ethyl adjacent to an activating group) is 1. The average Bonchev–Trinajstić information content (AvgIpc) is 2.76. The summed E-state index contributed by atoms with van der Waals surface area (Å²) in [5.41, 5.74) is 6.27. The quantitative estimate of drug-likeness (QED) is 0.428. The molecule has 9 nitrogen and oxygen atoms in total. The molecule has 2 heterocycles. The van der Waals surface area contributed by atoms with Crippen LogP contribution in [0.3, 0.4) is 0 Å². The minimum Gasteiger partial charge on any atom is -0.392 e. The van der Waals surface area contributed by atoms with Gasteiger partial charge in [0.2, 0.25) is 5.91 Å². The van der Waals surface area contributed by atoms with Crippen molar-refractivity contribution in [3.63, 3.8) is 0 Å². The van der Waals surface area contributed by atoms with Gasteiger partial charge in [0, 0.05) is 24.8 Å². The lowest BCUT2D eigenvalue weighted by atomic mass is 10.0. The largest absolute Gasteiger partial charge is 0.392 e. The first-order valence-electron chi connectivity index (χ1n) is 10.3. The number of halogens is 1. The van der Waals surface area contributed by atoms with Crippen molar-refractivity contribution in [2.24, 2.45) is 5.73 Å². The summed E-state index contributed by atoms with van der Waals surface area (Å²) in [6.07, 6.45) is 1.94. The van der Waals surface area contributed by atoms with E-state index in [1.165, 1.54) is 12.1 Å². The maximum absolute atomic E-state index is 13.2. The molecule has 1 aromatic carbocycles. The SMILES string of the molecule is CN(C)CCNC(=O)Cn1c(=O)c(C(N)=O)c(CO)c2ncc(Cc3ccc(F)cc3)cc21. The Balaban J connectivity index is 2.08. The predicted octanol–water partition coefficient (Wildman–Crippen LogP) is 0.395. The molecule has 3 rings (SSSR count). The Morgan fingerprint density at radius 1 is 1.21 bits per heavy atom. The normalized spacial score (nSPS) is 11.2. The summed E-state index contributed by atoms with van der Waals surface area (Å²) in [5, 5.41) is 12.6. The molecular weight excluding hydrogens is 429 g/mol. The van der Waals surface area contributed by atoms with Gasteiger partial charge in [0.05, 0.1) is 17.6 Å². The van der Waals surface area contributed by atoms with E-state index in [2.05, 4.69) is 10.3 Å². The molecule has 0 aliphatic rings. The highest BCUT2D eigenvalue weighted by Gasteiger charge is 2.22. The summed E-state index contributed by atoms with van der Waals surface area (Å²) >= 11 is 0. The topological polar surface area (TPSA) is 131 Å². The van der Waals surface area contributed by atoms with Crippen LogP contribution in [-0.4, -0.2) is 58.6 Å². The molecule has 3 aromatic rings. The molecule has 0 fully saturated rings. The van der Waals surface area contributed by atoms with Gasteiger partial charge in [0.1, 0.15) is 17.9 Å². The zero-order valence-corrected chi connectivity index (χ0v) is 18.5. The molecule has 0 unspecified atom stereocenters. The zero-order valence-electron chi connectivity index (χ0n) is 18.5. The van der Waals surface area contributed by atoms with Crippen LogP contribution in [0.4, 0.5) is 4.39 Å². The lowest BCUT2D eigenvalue weighted by Crippen LogP contribution is -2.38. The Hall–Kier alpha value is -3.63. The molecule has 10 heteroatoms. The van der Waals surface area contributed by atoms with Crippen molar-refractivity contribution >= 4 is 22.8 Å². The van der Waals surface area contributed by atoms with E-state index >= 15 is 0 Å². The average molecular weight is 455 g/mol. The highest BCUT2D eigenvalue weighted by molar-refractivity contribution is 5.98. The van der Waals surface area contributed by atoms with Crippen molar-refractivity contribution < 1.29 is 19.1 Å². The van der Waals surface area contributed by atoms with Gasteiger partial charge in [-0.25, -0.2) is 4.39 Å². The van der Waals surface area contributed by atoms with Crippen LogP contribution < -0.4 is 16.6 Å². The third kappa shape index (κ3) is 5.60. The maximum atomic E-state index is 13.2. The van der Waals surface area contributed by atoms with Crippen molar-refractivity contribution in [2.45, 2.75) is 19.6 Å². The van der Waals surface area contributed by atoms with Crippen molar-refractivity contribution in [3.8, 4) is 0 Å². The van der Waals surface area contributed by atoms with E-state index in [4.69, 9.17) is 5.73 Å². The Morgan fingerprint density at radius 2 is 1.91 bits per heavy atom. The molecule has 0 saturated carbocycles. The van der Waals surface area contributed by atoms with Crippen LogP contribution in [0.5, 0.6) is 0 Å². The molecule has 0 radical (unpaired) electrons. The highest BCUT2D eigenvalue weighted by Crippen LogP contribution is 2.21. The molecule has 0 bridgehead atoms. The van der Waals surface area contributed by atoms with E-state index in [1.807, 2.05) is 19.0 Å². The Bertz CT molecular complexity index is 1240. The van der Waals surface area contributed by atoms with Crippen molar-refractivity contribution in [1.29, 1.82) is 0 Å². The lowest BCUT2D eigenvalue weighted by Gasteiger charge is -2.16. The molecule has 174 valence electrons. The smallest absolute Gasteiger partial charge is 0.264 e. The highest BCUT2D eigenvalue weighted by atomic mass is 19.1. The van der Waals surface area contributed by atoms with Gasteiger partial charge in [-0.1, -0.05) is 12.1 Å². The number of aliphatic hydroxyl groups excluding tert-OH is 1. The first-order valence-corrected chi connectivity index (χ1v) is 10.3. The number of nitrogens with two attached hydrogens (primary N) is 1. The Morgan fingerprint density at radius 3 is 2.52 bits per heavy atom. The van der Waals surface area contributed by atoms with E-state index in [-0.39, 0.29) is 29.0 Å². The standard InChI is InChI=1S/C23H26FN5O4/c1-28(2)8-7-26-19(31)12-29-18-10-15(9-14-3-5-16(24)6-4-14)11-27-21(18)17(13-30)20(22(25)32)23(29)33/h3-6,10-11,30H,7-9,12-13H2,1-2H3,(H2,25,32)(H,26,31). The van der Waals surface area contributed by atoms with Gasteiger partial charge < -0.3 is 21.1 Å². The number of primary amides is 1. The van der Waals surface area contributed by atoms with Crippen LogP contribution in [0.15, 0.2) is 41.3 Å². The molecule has 2 amide bonds. The number of carbonyl (C=O) groups is 2. The number of nitrogens with one attached hydrogen (secondary N) is 1. The van der Waals surface area contributed by atoms with E-state index in [0.717, 1.165) is 10.1 Å². The van der Waals surface area contributed by atoms with Gasteiger partial charge in [0.15, 0.2) is 0 Å². The minimum atomic E-state index is -1.01. The second kappa shape index (κ2) is 10.3. The third-order valence-corrected chi connectivity index (χ3v) is 5.17. The number of amides is 2. The van der Waals surface area contributed by atoms with E-state index in [1.54, 1.807) is 24.4 Å². The number of fused-ring (bicyclic) bond motifs is 1. The first kappa shape index (κ1) is 24.0. The fourth-order valence-electron chi connectivity index (χ4n) is 3.54. The number of rotatable bonds is 9. The molecule has 4 N–H and O–H groups in total. The van der Waals surface area contributed by atoms with Crippen LogP contribution >= 0.6 is 0 Å². The van der Waals surface area contributed by atoms with E-state index < -0.39 is 29.5 Å². The van der Waals surface area contributed by atoms with Gasteiger partial charge in [0.25, 0.3) is 11.5 Å². The number of nitrogens with zero attached hydrogens (tertiary/aromatic N) is 3. The van der Waals surface area contributed by atoms with Gasteiger partial charge >= 0.3 is 0 Å². The summed E-state index contributed by atoms with van der Waals surface area (Å²) in [7, 11) is 3.73. The van der Waals surface area contributed by atoms with Crippen LogP contribution in [-0.2, 0) is 24.4 Å². The van der Waals surface area contributed by atoms with Crippen molar-refractivity contribution in [3.05, 3.63) is 75.0 Å². The monoisotopic (exact) mass is 455 g/mol. The summed E-state index contributed by atoms with van der Waals surface area (Å²) in [6, 6.07) is 7.64. The molecule has 0 spiro atoms. The van der Waals surface area contributed by atoms with Crippen LogP contribution in [0.1, 0.15) is 27.0 Å². The van der Waals surface area contributed by atoms with E-state index in [9.17, 15) is 23.9 Å². The van der Waals surface area contributed by atoms with Crippen LogP contribution in [0.2, 0.25) is 0 Å². The minimum absolute atomic E-state index is 0.0140. The Labute approximate surface area is 189 Å². The number of pyridine rings is 2. The molecule has 33 heavy (non-hydrogen) atoms. The summed E-state index contributed by atoms with van der Waals surface area (Å²) in [5.74, 6) is -1.78.